The van der Waals surface area contributed by atoms with Crippen LogP contribution in [0.2, 0.25) is 5.02 Å². The number of ether oxygens (including phenoxy) is 1. The summed E-state index contributed by atoms with van der Waals surface area (Å²) < 4.78 is 29.9. The Bertz CT molecular complexity index is 854. The van der Waals surface area contributed by atoms with Gasteiger partial charge < -0.3 is 15.2 Å². The third kappa shape index (κ3) is 3.87. The highest BCUT2D eigenvalue weighted by Crippen LogP contribution is 2.44. The van der Waals surface area contributed by atoms with Crippen LogP contribution >= 0.6 is 11.6 Å². The second-order valence-electron chi connectivity index (χ2n) is 7.21. The summed E-state index contributed by atoms with van der Waals surface area (Å²) in [6.45, 7) is 2.94. The van der Waals surface area contributed by atoms with Crippen molar-refractivity contribution in [2.75, 3.05) is 6.61 Å². The summed E-state index contributed by atoms with van der Waals surface area (Å²) in [7, 11) is 0. The third-order valence-electron chi connectivity index (χ3n) is 5.32. The molecule has 3 rings (SSSR count). The van der Waals surface area contributed by atoms with E-state index in [-0.39, 0.29) is 23.3 Å². The van der Waals surface area contributed by atoms with Crippen LogP contribution in [-0.4, -0.2) is 35.7 Å². The predicted molar refractivity (Wildman–Crippen MR) is 103 cm³/mol. The third-order valence-corrected chi connectivity index (χ3v) is 5.62. The fraction of sp³-hybridized carbons (Fsp3) is 0.476. The molecule has 1 fully saturated rings. The van der Waals surface area contributed by atoms with Gasteiger partial charge in [-0.05, 0) is 57.2 Å². The second-order valence-corrected chi connectivity index (χ2v) is 7.62. The highest BCUT2D eigenvalue weighted by molar-refractivity contribution is 6.36. The molecule has 4 nitrogen and oxygen atoms in total. The van der Waals surface area contributed by atoms with Crippen molar-refractivity contribution in [1.29, 1.82) is 0 Å². The summed E-state index contributed by atoms with van der Waals surface area (Å²) in [5.74, 6) is 5.31. The Labute approximate surface area is 167 Å². The SMILES string of the molecule is CC#Cc1cc(C)c(C2=C(O)C3(CCC(OCC(F)F)CC3)NC2=O)c(Cl)c1. The Morgan fingerprint density at radius 2 is 2.07 bits per heavy atom. The maximum atomic E-state index is 12.7. The number of halogens is 3. The summed E-state index contributed by atoms with van der Waals surface area (Å²) in [5.41, 5.74) is 1.25. The number of nitrogens with one attached hydrogen (secondary N) is 1. The van der Waals surface area contributed by atoms with Gasteiger partial charge >= 0.3 is 0 Å². The molecule has 1 heterocycles. The van der Waals surface area contributed by atoms with Gasteiger partial charge in [0.1, 0.15) is 12.4 Å². The number of benzene rings is 1. The lowest BCUT2D eigenvalue weighted by Crippen LogP contribution is -2.48. The van der Waals surface area contributed by atoms with Gasteiger partial charge in [-0.1, -0.05) is 17.5 Å². The molecular weight excluding hydrogens is 388 g/mol. The summed E-state index contributed by atoms with van der Waals surface area (Å²) >= 11 is 6.42. The van der Waals surface area contributed by atoms with Gasteiger partial charge in [-0.2, -0.15) is 0 Å². The van der Waals surface area contributed by atoms with E-state index in [2.05, 4.69) is 17.2 Å². The molecule has 28 heavy (non-hydrogen) atoms. The van der Waals surface area contributed by atoms with Crippen LogP contribution in [0.25, 0.3) is 5.57 Å². The van der Waals surface area contributed by atoms with Crippen molar-refractivity contribution in [3.8, 4) is 11.8 Å². The van der Waals surface area contributed by atoms with Gasteiger partial charge in [-0.25, -0.2) is 8.78 Å². The van der Waals surface area contributed by atoms with Crippen LogP contribution in [0.15, 0.2) is 17.9 Å². The van der Waals surface area contributed by atoms with E-state index < -0.39 is 18.6 Å². The number of carbonyl (C=O) groups is 1. The van der Waals surface area contributed by atoms with Crippen LogP contribution < -0.4 is 5.32 Å². The van der Waals surface area contributed by atoms with E-state index >= 15 is 0 Å². The Morgan fingerprint density at radius 1 is 1.39 bits per heavy atom. The molecule has 0 bridgehead atoms. The zero-order valence-corrected chi connectivity index (χ0v) is 16.5. The molecule has 0 aromatic heterocycles. The van der Waals surface area contributed by atoms with Crippen LogP contribution in [0.4, 0.5) is 8.78 Å². The number of rotatable bonds is 4. The number of aliphatic hydroxyl groups is 1. The average molecular weight is 410 g/mol. The number of alkyl halides is 2. The van der Waals surface area contributed by atoms with Gasteiger partial charge in [-0.3, -0.25) is 4.79 Å². The van der Waals surface area contributed by atoms with E-state index in [9.17, 15) is 18.7 Å². The largest absolute Gasteiger partial charge is 0.509 e. The lowest BCUT2D eigenvalue weighted by molar-refractivity contribution is -0.117. The van der Waals surface area contributed by atoms with Gasteiger partial charge in [0.05, 0.1) is 22.2 Å². The van der Waals surface area contributed by atoms with E-state index in [0.29, 0.717) is 36.3 Å². The summed E-state index contributed by atoms with van der Waals surface area (Å²) in [5, 5.41) is 14.2. The van der Waals surface area contributed by atoms with E-state index in [4.69, 9.17) is 16.3 Å². The molecule has 2 aliphatic rings. The molecule has 1 amide bonds. The van der Waals surface area contributed by atoms with Crippen LogP contribution in [0.3, 0.4) is 0 Å². The zero-order valence-electron chi connectivity index (χ0n) is 15.7. The molecule has 1 aliphatic heterocycles. The first-order chi connectivity index (χ1) is 13.3. The molecule has 0 saturated heterocycles. The quantitative estimate of drug-likeness (QED) is 0.725. The number of aryl methyl sites for hydroxylation is 1. The summed E-state index contributed by atoms with van der Waals surface area (Å²) in [6, 6.07) is 3.50. The monoisotopic (exact) mass is 409 g/mol. The average Bonchev–Trinajstić information content (AvgIpc) is 2.85. The minimum Gasteiger partial charge on any atom is -0.509 e. The molecule has 1 aliphatic carbocycles. The van der Waals surface area contributed by atoms with Gasteiger partial charge in [0.15, 0.2) is 0 Å². The molecule has 0 atom stereocenters. The van der Waals surface area contributed by atoms with Gasteiger partial charge in [0.2, 0.25) is 0 Å². The zero-order chi connectivity index (χ0) is 20.5. The molecule has 0 unspecified atom stereocenters. The Hall–Kier alpha value is -2.10. The van der Waals surface area contributed by atoms with Crippen LogP contribution in [-0.2, 0) is 9.53 Å². The van der Waals surface area contributed by atoms with Crippen molar-refractivity contribution in [2.45, 2.75) is 57.6 Å². The van der Waals surface area contributed by atoms with Gasteiger partial charge in [0, 0.05) is 11.1 Å². The highest BCUT2D eigenvalue weighted by Gasteiger charge is 2.48. The molecule has 0 radical (unpaired) electrons. The van der Waals surface area contributed by atoms with Gasteiger partial charge in [0.25, 0.3) is 12.3 Å². The minimum absolute atomic E-state index is 0.0378. The van der Waals surface area contributed by atoms with E-state index in [1.807, 2.05) is 13.0 Å². The first-order valence-electron chi connectivity index (χ1n) is 9.16. The van der Waals surface area contributed by atoms with Crippen molar-refractivity contribution >= 4 is 23.1 Å². The molecule has 1 spiro atoms. The predicted octanol–water partition coefficient (Wildman–Crippen LogP) is 4.38. The Morgan fingerprint density at radius 3 is 2.64 bits per heavy atom. The number of amides is 1. The second kappa shape index (κ2) is 8.10. The van der Waals surface area contributed by atoms with Crippen LogP contribution in [0.5, 0.6) is 0 Å². The van der Waals surface area contributed by atoms with Crippen molar-refractivity contribution in [3.05, 3.63) is 39.6 Å². The molecule has 1 aromatic rings. The molecule has 2 N–H and O–H groups in total. The van der Waals surface area contributed by atoms with E-state index in [1.54, 1.807) is 13.0 Å². The molecule has 7 heteroatoms. The smallest absolute Gasteiger partial charge is 0.261 e. The highest BCUT2D eigenvalue weighted by atomic mass is 35.5. The maximum Gasteiger partial charge on any atom is 0.261 e. The fourth-order valence-corrected chi connectivity index (χ4v) is 4.38. The normalized spacial score (nSPS) is 24.5. The Balaban J connectivity index is 1.88. The molecule has 1 saturated carbocycles. The van der Waals surface area contributed by atoms with Crippen LogP contribution in [0, 0.1) is 18.8 Å². The van der Waals surface area contributed by atoms with Crippen molar-refractivity contribution < 1.29 is 23.4 Å². The topological polar surface area (TPSA) is 58.6 Å². The van der Waals surface area contributed by atoms with Crippen molar-refractivity contribution in [1.82, 2.24) is 5.32 Å². The van der Waals surface area contributed by atoms with E-state index in [1.165, 1.54) is 0 Å². The number of carbonyl (C=O) groups excluding carboxylic acids is 1. The number of hydrogen-bond donors (Lipinski definition) is 2. The first-order valence-corrected chi connectivity index (χ1v) is 9.54. The molecule has 150 valence electrons. The maximum absolute atomic E-state index is 12.7. The van der Waals surface area contributed by atoms with Gasteiger partial charge in [-0.15, -0.1) is 5.92 Å². The Kier molecular flexibility index (Phi) is 5.97. The number of aliphatic hydroxyl groups excluding tert-OH is 1. The summed E-state index contributed by atoms with van der Waals surface area (Å²) in [6.07, 6.45) is -1.03. The molecule has 1 aromatic carbocycles. The fourth-order valence-electron chi connectivity index (χ4n) is 4.02. The van der Waals surface area contributed by atoms with E-state index in [0.717, 1.165) is 11.1 Å². The van der Waals surface area contributed by atoms with Crippen molar-refractivity contribution in [3.63, 3.8) is 0 Å². The molecular formula is C21H22ClF2NO3. The standard InChI is InChI=1S/C21H22ClF2NO3/c1-3-4-13-9-12(2)17(15(22)10-13)18-19(26)21(25-20(18)27)7-5-14(6-8-21)28-11-16(23)24/h9-10,14,16,26H,5-8,11H2,1-2H3,(H,25,27). The first kappa shape index (κ1) is 20.6. The van der Waals surface area contributed by atoms with Crippen LogP contribution in [0.1, 0.15) is 49.3 Å². The van der Waals surface area contributed by atoms with Crippen molar-refractivity contribution in [2.24, 2.45) is 0 Å². The lowest BCUT2D eigenvalue weighted by Gasteiger charge is -2.37. The lowest BCUT2D eigenvalue weighted by atomic mass is 9.79. The summed E-state index contributed by atoms with van der Waals surface area (Å²) in [4.78, 5) is 12.7. The minimum atomic E-state index is -2.51. The number of hydrogen-bond acceptors (Lipinski definition) is 3.